The molecule has 0 bridgehead atoms. The van der Waals surface area contributed by atoms with Crippen LogP contribution in [0.25, 0.3) is 5.57 Å². The molecule has 6 rings (SSSR count). The third-order valence-corrected chi connectivity index (χ3v) is 11.4. The number of esters is 1. The lowest BCUT2D eigenvalue weighted by molar-refractivity contribution is -0.152. The first kappa shape index (κ1) is 28.4. The van der Waals surface area contributed by atoms with Crippen LogP contribution in [-0.4, -0.2) is 23.0 Å². The molecule has 6 atom stereocenters. The maximum Gasteiger partial charge on any atom is 0.306 e. The highest BCUT2D eigenvalue weighted by molar-refractivity contribution is 9.10. The molecule has 1 amide bonds. The van der Waals surface area contributed by atoms with E-state index in [0.29, 0.717) is 24.3 Å². The van der Waals surface area contributed by atoms with Gasteiger partial charge in [-0.25, -0.2) is 0 Å². The molecule has 1 N–H and O–H groups in total. The van der Waals surface area contributed by atoms with Gasteiger partial charge in [-0.1, -0.05) is 65.7 Å². The van der Waals surface area contributed by atoms with Crippen molar-refractivity contribution in [2.24, 2.45) is 28.6 Å². The van der Waals surface area contributed by atoms with Gasteiger partial charge in [0.1, 0.15) is 6.10 Å². The Morgan fingerprint density at radius 3 is 2.59 bits per heavy atom. The molecule has 6 heteroatoms. The summed E-state index contributed by atoms with van der Waals surface area (Å²) in [5.41, 5.74) is 5.74. The molecule has 2 fully saturated rings. The van der Waals surface area contributed by atoms with Gasteiger partial charge in [0.25, 0.3) is 0 Å². The molecular formula is C35H41BrN2O3. The highest BCUT2D eigenvalue weighted by atomic mass is 79.9. The average molecular weight is 618 g/mol. The van der Waals surface area contributed by atoms with Gasteiger partial charge in [-0.15, -0.1) is 0 Å². The number of hydrogen-bond acceptors (Lipinski definition) is 4. The molecule has 2 saturated carbocycles. The molecule has 2 aromatic rings. The number of benzene rings is 1. The fraction of sp³-hybridized carbons (Fsp3) is 0.514. The van der Waals surface area contributed by atoms with Crippen LogP contribution in [-0.2, 0) is 20.9 Å². The number of ether oxygens (including phenoxy) is 1. The Balaban J connectivity index is 1.02. The van der Waals surface area contributed by atoms with Crippen molar-refractivity contribution in [2.45, 2.75) is 84.3 Å². The molecule has 5 nitrogen and oxygen atoms in total. The fourth-order valence-corrected chi connectivity index (χ4v) is 8.88. The monoisotopic (exact) mass is 616 g/mol. The van der Waals surface area contributed by atoms with E-state index in [-0.39, 0.29) is 41.7 Å². The zero-order valence-electron chi connectivity index (χ0n) is 24.2. The van der Waals surface area contributed by atoms with Crippen LogP contribution >= 0.6 is 15.9 Å². The van der Waals surface area contributed by atoms with Crippen molar-refractivity contribution in [3.8, 4) is 0 Å². The largest absolute Gasteiger partial charge is 0.462 e. The summed E-state index contributed by atoms with van der Waals surface area (Å²) in [6.45, 7) is 5.44. The number of halogens is 1. The van der Waals surface area contributed by atoms with Gasteiger partial charge in [0, 0.05) is 36.3 Å². The van der Waals surface area contributed by atoms with Crippen LogP contribution in [0.2, 0.25) is 0 Å². The average Bonchev–Trinajstić information content (AvgIpc) is 3.33. The minimum Gasteiger partial charge on any atom is -0.462 e. The minimum atomic E-state index is -0.264. The summed E-state index contributed by atoms with van der Waals surface area (Å²) in [7, 11) is 0. The van der Waals surface area contributed by atoms with Gasteiger partial charge >= 0.3 is 5.97 Å². The zero-order chi connectivity index (χ0) is 28.6. The van der Waals surface area contributed by atoms with E-state index in [2.05, 4.69) is 64.4 Å². The number of fused-ring (bicyclic) bond motifs is 5. The summed E-state index contributed by atoms with van der Waals surface area (Å²) in [6.07, 6.45) is 16.7. The smallest absolute Gasteiger partial charge is 0.306 e. The standard InChI is InChI=1S/C35H41BrN2O3/c1-34-17-15-27(41-33(40)14-13-32(39)38-21-23-5-8-26(36)9-6-23)20-25(34)7-10-28-30-12-11-29(24-4-3-19-37-22-24)35(30,2)18-16-31(28)34/h3-9,11,19,22,27-28,30-31H,10,12-18,20-21H2,1-2H3,(H,38,39). The number of carbonyl (C=O) groups is 2. The third-order valence-electron chi connectivity index (χ3n) is 10.9. The third kappa shape index (κ3) is 5.57. The predicted octanol–water partition coefficient (Wildman–Crippen LogP) is 7.81. The number of nitrogens with one attached hydrogen (secondary N) is 1. The van der Waals surface area contributed by atoms with E-state index in [9.17, 15) is 9.59 Å². The molecule has 0 radical (unpaired) electrons. The van der Waals surface area contributed by atoms with Gasteiger partial charge in [0.15, 0.2) is 0 Å². The second-order valence-corrected chi connectivity index (χ2v) is 14.0. The zero-order valence-corrected chi connectivity index (χ0v) is 25.8. The van der Waals surface area contributed by atoms with Gasteiger partial charge in [-0.3, -0.25) is 14.6 Å². The Bertz CT molecular complexity index is 1350. The van der Waals surface area contributed by atoms with E-state index in [1.54, 1.807) is 0 Å². The molecule has 41 heavy (non-hydrogen) atoms. The van der Waals surface area contributed by atoms with E-state index < -0.39 is 0 Å². The van der Waals surface area contributed by atoms with Crippen molar-refractivity contribution >= 4 is 33.4 Å². The van der Waals surface area contributed by atoms with Crippen LogP contribution in [0.1, 0.15) is 82.8 Å². The Hall–Kier alpha value is -2.73. The first-order valence-electron chi connectivity index (χ1n) is 15.3. The second-order valence-electron chi connectivity index (χ2n) is 13.1. The number of pyridine rings is 1. The van der Waals surface area contributed by atoms with Crippen molar-refractivity contribution in [1.82, 2.24) is 10.3 Å². The van der Waals surface area contributed by atoms with E-state index in [0.717, 1.165) is 42.1 Å². The maximum absolute atomic E-state index is 12.7. The minimum absolute atomic E-state index is 0.0802. The van der Waals surface area contributed by atoms with Crippen molar-refractivity contribution in [3.63, 3.8) is 0 Å². The number of hydrogen-bond donors (Lipinski definition) is 1. The summed E-state index contributed by atoms with van der Waals surface area (Å²) in [6, 6.07) is 12.1. The first-order valence-corrected chi connectivity index (χ1v) is 16.1. The molecule has 1 aromatic carbocycles. The molecule has 4 aliphatic carbocycles. The Labute approximate surface area is 252 Å². The topological polar surface area (TPSA) is 68.3 Å². The van der Waals surface area contributed by atoms with E-state index in [4.69, 9.17) is 4.74 Å². The molecule has 0 spiro atoms. The number of allylic oxidation sites excluding steroid dienone is 3. The Kier molecular flexibility index (Phi) is 7.97. The molecule has 6 unspecified atom stereocenters. The summed E-state index contributed by atoms with van der Waals surface area (Å²) in [4.78, 5) is 29.4. The van der Waals surface area contributed by atoms with Gasteiger partial charge in [0.05, 0.1) is 6.42 Å². The van der Waals surface area contributed by atoms with Crippen molar-refractivity contribution in [1.29, 1.82) is 0 Å². The molecule has 1 heterocycles. The lowest BCUT2D eigenvalue weighted by Gasteiger charge is -2.57. The molecule has 1 aromatic heterocycles. The normalized spacial score (nSPS) is 32.1. The van der Waals surface area contributed by atoms with Crippen LogP contribution in [0, 0.1) is 28.6 Å². The Morgan fingerprint density at radius 1 is 1.00 bits per heavy atom. The number of carbonyl (C=O) groups excluding carboxylic acids is 2. The van der Waals surface area contributed by atoms with Crippen LogP contribution in [0.4, 0.5) is 0 Å². The summed E-state index contributed by atoms with van der Waals surface area (Å²) in [5, 5.41) is 2.90. The van der Waals surface area contributed by atoms with Crippen LogP contribution in [0.15, 0.2) is 71.0 Å². The van der Waals surface area contributed by atoms with E-state index in [1.165, 1.54) is 29.6 Å². The number of rotatable bonds is 7. The molecule has 4 aliphatic rings. The number of amides is 1. The lowest BCUT2D eigenvalue weighted by atomic mass is 9.47. The van der Waals surface area contributed by atoms with Crippen LogP contribution in [0.3, 0.4) is 0 Å². The summed E-state index contributed by atoms with van der Waals surface area (Å²) >= 11 is 3.42. The SMILES string of the molecule is CC12CCC(OC(=O)CCC(=O)NCc3ccc(Br)cc3)CC1=CCC1C2CCC2(C)C(c3cccnc3)=CCC12. The highest BCUT2D eigenvalue weighted by Gasteiger charge is 2.57. The van der Waals surface area contributed by atoms with Crippen LogP contribution in [0.5, 0.6) is 0 Å². The van der Waals surface area contributed by atoms with Crippen molar-refractivity contribution < 1.29 is 14.3 Å². The molecule has 216 valence electrons. The second kappa shape index (κ2) is 11.5. The molecule has 0 aliphatic heterocycles. The summed E-state index contributed by atoms with van der Waals surface area (Å²) < 4.78 is 6.92. The maximum atomic E-state index is 12.7. The van der Waals surface area contributed by atoms with Gasteiger partial charge in [0.2, 0.25) is 5.91 Å². The quantitative estimate of drug-likeness (QED) is 0.254. The highest BCUT2D eigenvalue weighted by Crippen LogP contribution is 2.66. The van der Waals surface area contributed by atoms with Crippen molar-refractivity contribution in [2.75, 3.05) is 0 Å². The molecular weight excluding hydrogens is 576 g/mol. The van der Waals surface area contributed by atoms with E-state index in [1.807, 2.05) is 36.7 Å². The number of nitrogens with zero attached hydrogens (tertiary/aromatic N) is 1. The molecule has 0 saturated heterocycles. The lowest BCUT2D eigenvalue weighted by Crippen LogP contribution is -2.50. The van der Waals surface area contributed by atoms with Crippen molar-refractivity contribution in [3.05, 3.63) is 82.1 Å². The number of aromatic nitrogens is 1. The first-order chi connectivity index (χ1) is 19.8. The summed E-state index contributed by atoms with van der Waals surface area (Å²) in [5.74, 6) is 1.67. The fourth-order valence-electron chi connectivity index (χ4n) is 8.62. The van der Waals surface area contributed by atoms with Gasteiger partial charge < -0.3 is 10.1 Å². The predicted molar refractivity (Wildman–Crippen MR) is 164 cm³/mol. The van der Waals surface area contributed by atoms with E-state index >= 15 is 0 Å². The Morgan fingerprint density at radius 2 is 1.80 bits per heavy atom. The van der Waals surface area contributed by atoms with Crippen LogP contribution < -0.4 is 5.32 Å². The van der Waals surface area contributed by atoms with Gasteiger partial charge in [-0.2, -0.15) is 0 Å². The van der Waals surface area contributed by atoms with Gasteiger partial charge in [-0.05, 0) is 102 Å².